The summed E-state index contributed by atoms with van der Waals surface area (Å²) < 4.78 is 21.1. The van der Waals surface area contributed by atoms with Gasteiger partial charge >= 0.3 is 12.1 Å². The van der Waals surface area contributed by atoms with E-state index in [9.17, 15) is 23.9 Å². The lowest BCUT2D eigenvalue weighted by Gasteiger charge is -2.32. The summed E-state index contributed by atoms with van der Waals surface area (Å²) in [6.45, 7) is 11.3. The summed E-state index contributed by atoms with van der Waals surface area (Å²) in [7, 11) is 2.12. The van der Waals surface area contributed by atoms with Crippen LogP contribution in [0.4, 0.5) is 15.1 Å². The SMILES string of the molecule is CN1CCN(Cc2ccc3c(c2)nc(NC(=O)c2ccc(F)c(C(=O)O)c2)n3CCCCCNC(=O)OC(C)(C)C)CC1. The number of halogens is 1. The topological polar surface area (TPSA) is 129 Å². The quantitative estimate of drug-likeness (QED) is 0.275. The molecule has 2 amide bonds. The van der Waals surface area contributed by atoms with Crippen molar-refractivity contribution < 1.29 is 28.6 Å². The number of hydrogen-bond donors (Lipinski definition) is 3. The Bertz CT molecular complexity index is 1460. The number of piperazine rings is 1. The molecule has 0 bridgehead atoms. The van der Waals surface area contributed by atoms with E-state index in [1.54, 1.807) is 0 Å². The lowest BCUT2D eigenvalue weighted by atomic mass is 10.1. The van der Waals surface area contributed by atoms with E-state index < -0.39 is 35.0 Å². The highest BCUT2D eigenvalue weighted by Crippen LogP contribution is 2.24. The van der Waals surface area contributed by atoms with Crippen molar-refractivity contribution in [1.82, 2.24) is 24.7 Å². The van der Waals surface area contributed by atoms with Crippen LogP contribution in [0.1, 0.15) is 66.3 Å². The van der Waals surface area contributed by atoms with Gasteiger partial charge in [-0.3, -0.25) is 15.0 Å². The van der Waals surface area contributed by atoms with Crippen LogP contribution in [0.25, 0.3) is 11.0 Å². The molecule has 11 nitrogen and oxygen atoms in total. The number of carboxylic acid groups (broad SMARTS) is 1. The standard InChI is InChI=1S/C31H41FN6O5/c1-31(2,3)43-30(42)33-12-6-5-7-13-38-26-11-8-21(20-37-16-14-36(4)15-17-37)18-25(26)34-29(38)35-27(39)22-9-10-24(32)23(19-22)28(40)41/h8-11,18-19H,5-7,12-17,20H2,1-4H3,(H,33,42)(H,40,41)(H,34,35,39). The van der Waals surface area contributed by atoms with Crippen molar-refractivity contribution in [2.75, 3.05) is 45.1 Å². The highest BCUT2D eigenvalue weighted by molar-refractivity contribution is 6.05. The van der Waals surface area contributed by atoms with Crippen molar-refractivity contribution in [3.05, 3.63) is 58.9 Å². The Morgan fingerprint density at radius 2 is 1.77 bits per heavy atom. The average molecular weight is 597 g/mol. The second kappa shape index (κ2) is 14.0. The Kier molecular flexibility index (Phi) is 10.4. The fourth-order valence-corrected chi connectivity index (χ4v) is 4.94. The molecule has 0 atom stereocenters. The minimum absolute atomic E-state index is 0.0152. The van der Waals surface area contributed by atoms with Crippen molar-refractivity contribution in [2.24, 2.45) is 0 Å². The van der Waals surface area contributed by atoms with Crippen LogP contribution in [-0.2, 0) is 17.8 Å². The van der Waals surface area contributed by atoms with Gasteiger partial charge in [-0.15, -0.1) is 0 Å². The fourth-order valence-electron chi connectivity index (χ4n) is 4.94. The van der Waals surface area contributed by atoms with E-state index in [4.69, 9.17) is 9.72 Å². The van der Waals surface area contributed by atoms with Crippen LogP contribution < -0.4 is 10.6 Å². The molecule has 43 heavy (non-hydrogen) atoms. The lowest BCUT2D eigenvalue weighted by Crippen LogP contribution is -2.43. The van der Waals surface area contributed by atoms with Crippen molar-refractivity contribution >= 4 is 35.0 Å². The van der Waals surface area contributed by atoms with E-state index in [-0.39, 0.29) is 5.56 Å². The number of aromatic nitrogens is 2. The predicted octanol–water partition coefficient (Wildman–Crippen LogP) is 4.57. The molecule has 1 fully saturated rings. The average Bonchev–Trinajstić information content (AvgIpc) is 3.26. The number of fused-ring (bicyclic) bond motifs is 1. The van der Waals surface area contributed by atoms with Gasteiger partial charge in [0, 0.05) is 51.4 Å². The second-order valence-corrected chi connectivity index (χ2v) is 11.9. The van der Waals surface area contributed by atoms with E-state index >= 15 is 0 Å². The zero-order valence-electron chi connectivity index (χ0n) is 25.3. The number of aromatic carboxylic acids is 1. The van der Waals surface area contributed by atoms with Crippen LogP contribution in [-0.4, -0.2) is 87.8 Å². The number of benzene rings is 2. The molecule has 1 aliphatic rings. The summed E-state index contributed by atoms with van der Waals surface area (Å²) in [4.78, 5) is 45.8. The minimum Gasteiger partial charge on any atom is -0.478 e. The number of hydrogen-bond acceptors (Lipinski definition) is 7. The molecule has 0 spiro atoms. The number of imidazole rings is 1. The van der Waals surface area contributed by atoms with Gasteiger partial charge < -0.3 is 24.6 Å². The van der Waals surface area contributed by atoms with Gasteiger partial charge in [-0.05, 0) is 83.0 Å². The molecule has 2 aromatic carbocycles. The molecule has 4 rings (SSSR count). The zero-order valence-corrected chi connectivity index (χ0v) is 25.3. The van der Waals surface area contributed by atoms with E-state index in [0.29, 0.717) is 19.0 Å². The number of carbonyl (C=O) groups is 3. The molecule has 0 unspecified atom stereocenters. The molecule has 12 heteroatoms. The van der Waals surface area contributed by atoms with E-state index in [1.165, 1.54) is 6.07 Å². The molecular weight excluding hydrogens is 555 g/mol. The Morgan fingerprint density at radius 3 is 2.47 bits per heavy atom. The Morgan fingerprint density at radius 1 is 1.02 bits per heavy atom. The number of carboxylic acids is 1. The number of rotatable bonds is 11. The molecule has 1 aliphatic heterocycles. The summed E-state index contributed by atoms with van der Waals surface area (Å²) in [5.74, 6) is -2.62. The Balaban J connectivity index is 1.48. The highest BCUT2D eigenvalue weighted by atomic mass is 19.1. The fraction of sp³-hybridized carbons (Fsp3) is 0.484. The maximum Gasteiger partial charge on any atom is 0.407 e. The van der Waals surface area contributed by atoms with Crippen LogP contribution in [0.5, 0.6) is 0 Å². The number of unbranched alkanes of at least 4 members (excludes halogenated alkanes) is 2. The monoisotopic (exact) mass is 596 g/mol. The first-order valence-corrected chi connectivity index (χ1v) is 14.6. The number of alkyl carbamates (subject to hydrolysis) is 1. The summed E-state index contributed by atoms with van der Waals surface area (Å²) in [6.07, 6.45) is 1.87. The number of ether oxygens (including phenoxy) is 1. The maximum atomic E-state index is 13.9. The number of nitrogens with zero attached hydrogens (tertiary/aromatic N) is 4. The van der Waals surface area contributed by atoms with E-state index in [1.807, 2.05) is 37.5 Å². The van der Waals surface area contributed by atoms with Gasteiger partial charge in [0.05, 0.1) is 16.6 Å². The second-order valence-electron chi connectivity index (χ2n) is 11.9. The van der Waals surface area contributed by atoms with Crippen molar-refractivity contribution in [1.29, 1.82) is 0 Å². The molecule has 3 aromatic rings. The van der Waals surface area contributed by atoms with Gasteiger partial charge in [0.1, 0.15) is 11.4 Å². The predicted molar refractivity (Wildman–Crippen MR) is 162 cm³/mol. The third-order valence-electron chi connectivity index (χ3n) is 7.23. The molecule has 2 heterocycles. The zero-order chi connectivity index (χ0) is 31.1. The van der Waals surface area contributed by atoms with Crippen molar-refractivity contribution in [3.63, 3.8) is 0 Å². The van der Waals surface area contributed by atoms with Crippen LogP contribution in [0.15, 0.2) is 36.4 Å². The van der Waals surface area contributed by atoms with Crippen LogP contribution in [0.2, 0.25) is 0 Å². The van der Waals surface area contributed by atoms with Crippen LogP contribution in [0, 0.1) is 5.82 Å². The summed E-state index contributed by atoms with van der Waals surface area (Å²) in [5, 5.41) is 14.8. The van der Waals surface area contributed by atoms with E-state index in [0.717, 1.165) is 80.7 Å². The van der Waals surface area contributed by atoms with Gasteiger partial charge in [0.2, 0.25) is 5.95 Å². The summed E-state index contributed by atoms with van der Waals surface area (Å²) in [5.41, 5.74) is 1.60. The lowest BCUT2D eigenvalue weighted by molar-refractivity contribution is 0.0526. The number of likely N-dealkylation sites (N-methyl/N-ethyl adjacent to an activating group) is 1. The first-order valence-electron chi connectivity index (χ1n) is 14.6. The third kappa shape index (κ3) is 8.98. The van der Waals surface area contributed by atoms with Crippen LogP contribution >= 0.6 is 0 Å². The molecule has 0 aliphatic carbocycles. The number of carbonyl (C=O) groups excluding carboxylic acids is 2. The number of aryl methyl sites for hydroxylation is 1. The largest absolute Gasteiger partial charge is 0.478 e. The molecule has 1 saturated heterocycles. The number of nitrogens with one attached hydrogen (secondary N) is 2. The normalized spacial score (nSPS) is 14.5. The number of anilines is 1. The molecule has 0 saturated carbocycles. The molecule has 1 aromatic heterocycles. The highest BCUT2D eigenvalue weighted by Gasteiger charge is 2.20. The third-order valence-corrected chi connectivity index (χ3v) is 7.23. The first kappa shape index (κ1) is 31.9. The van der Waals surface area contributed by atoms with Crippen LogP contribution in [0.3, 0.4) is 0 Å². The van der Waals surface area contributed by atoms with Gasteiger partial charge in [-0.1, -0.05) is 6.07 Å². The van der Waals surface area contributed by atoms with Gasteiger partial charge in [-0.25, -0.2) is 19.0 Å². The Hall–Kier alpha value is -4.03. The van der Waals surface area contributed by atoms with Gasteiger partial charge in [0.15, 0.2) is 0 Å². The molecule has 232 valence electrons. The Labute approximate surface area is 251 Å². The van der Waals surface area contributed by atoms with E-state index in [2.05, 4.69) is 33.5 Å². The summed E-state index contributed by atoms with van der Waals surface area (Å²) in [6, 6.07) is 9.35. The first-order chi connectivity index (χ1) is 20.4. The number of amides is 2. The molecule has 3 N–H and O–H groups in total. The maximum absolute atomic E-state index is 13.9. The van der Waals surface area contributed by atoms with Crippen molar-refractivity contribution in [3.8, 4) is 0 Å². The molecular formula is C31H41FN6O5. The smallest absolute Gasteiger partial charge is 0.407 e. The molecule has 0 radical (unpaired) electrons. The van der Waals surface area contributed by atoms with Gasteiger partial charge in [0.25, 0.3) is 5.91 Å². The summed E-state index contributed by atoms with van der Waals surface area (Å²) >= 11 is 0. The minimum atomic E-state index is -1.45. The van der Waals surface area contributed by atoms with Gasteiger partial charge in [-0.2, -0.15) is 0 Å². The van der Waals surface area contributed by atoms with Crippen molar-refractivity contribution in [2.45, 2.75) is 58.7 Å².